The van der Waals surface area contributed by atoms with Crippen LogP contribution in [0.3, 0.4) is 0 Å². The number of piperidine rings is 1. The maximum Gasteiger partial charge on any atom is 0.115 e. The van der Waals surface area contributed by atoms with E-state index in [2.05, 4.69) is 4.90 Å². The van der Waals surface area contributed by atoms with Crippen molar-refractivity contribution in [3.05, 3.63) is 29.8 Å². The third-order valence-corrected chi connectivity index (χ3v) is 2.86. The molecular formula is C12H20Cl2N2O. The number of nitrogens with zero attached hydrogens (tertiary/aromatic N) is 1. The molecule has 0 aliphatic carbocycles. The van der Waals surface area contributed by atoms with Crippen LogP contribution in [-0.4, -0.2) is 29.1 Å². The van der Waals surface area contributed by atoms with Gasteiger partial charge < -0.3 is 10.8 Å². The molecule has 1 aliphatic rings. The summed E-state index contributed by atoms with van der Waals surface area (Å²) in [6.45, 7) is 2.97. The predicted octanol–water partition coefficient (Wildman–Crippen LogP) is 2.16. The van der Waals surface area contributed by atoms with Crippen LogP contribution in [0.15, 0.2) is 24.3 Å². The molecule has 1 aliphatic heterocycles. The van der Waals surface area contributed by atoms with Crippen molar-refractivity contribution in [2.24, 2.45) is 5.73 Å². The van der Waals surface area contributed by atoms with Gasteiger partial charge in [-0.1, -0.05) is 12.1 Å². The van der Waals surface area contributed by atoms with E-state index in [1.165, 1.54) is 6.42 Å². The van der Waals surface area contributed by atoms with Gasteiger partial charge in [-0.3, -0.25) is 4.90 Å². The zero-order valence-electron chi connectivity index (χ0n) is 9.71. The van der Waals surface area contributed by atoms with Crippen LogP contribution >= 0.6 is 24.8 Å². The number of nitrogens with two attached hydrogens (primary N) is 1. The van der Waals surface area contributed by atoms with E-state index in [0.29, 0.717) is 11.8 Å². The minimum Gasteiger partial charge on any atom is -0.508 e. The summed E-state index contributed by atoms with van der Waals surface area (Å²) in [4.78, 5) is 2.35. The van der Waals surface area contributed by atoms with Crippen LogP contribution in [0.25, 0.3) is 0 Å². The monoisotopic (exact) mass is 278 g/mol. The van der Waals surface area contributed by atoms with Crippen molar-refractivity contribution in [1.82, 2.24) is 4.90 Å². The molecule has 1 unspecified atom stereocenters. The van der Waals surface area contributed by atoms with Gasteiger partial charge in [-0.25, -0.2) is 0 Å². The predicted molar refractivity (Wildman–Crippen MR) is 75.1 cm³/mol. The lowest BCUT2D eigenvalue weighted by Gasteiger charge is -2.30. The van der Waals surface area contributed by atoms with Crippen LogP contribution in [-0.2, 0) is 6.54 Å². The van der Waals surface area contributed by atoms with E-state index < -0.39 is 0 Å². The molecule has 1 aromatic rings. The maximum absolute atomic E-state index is 9.35. The van der Waals surface area contributed by atoms with Crippen molar-refractivity contribution in [3.63, 3.8) is 0 Å². The first-order chi connectivity index (χ1) is 7.24. The molecule has 0 radical (unpaired) electrons. The van der Waals surface area contributed by atoms with Crippen molar-refractivity contribution < 1.29 is 5.11 Å². The fourth-order valence-corrected chi connectivity index (χ4v) is 2.15. The Kier molecular flexibility index (Phi) is 7.55. The normalized spacial score (nSPS) is 20.2. The largest absolute Gasteiger partial charge is 0.508 e. The number of halogens is 2. The SMILES string of the molecule is Cl.Cl.NC1CCCN(Cc2cccc(O)c2)C1. The van der Waals surface area contributed by atoms with Gasteiger partial charge in [-0.15, -0.1) is 24.8 Å². The molecule has 0 saturated carbocycles. The highest BCUT2D eigenvalue weighted by molar-refractivity contribution is 5.85. The fourth-order valence-electron chi connectivity index (χ4n) is 2.15. The molecule has 3 N–H and O–H groups in total. The van der Waals surface area contributed by atoms with Gasteiger partial charge in [0, 0.05) is 19.1 Å². The Balaban J connectivity index is 0.00000128. The zero-order chi connectivity index (χ0) is 10.7. The highest BCUT2D eigenvalue weighted by Gasteiger charge is 2.16. The number of rotatable bonds is 2. The van der Waals surface area contributed by atoms with Gasteiger partial charge in [0.05, 0.1) is 0 Å². The Morgan fingerprint density at radius 2 is 2.12 bits per heavy atom. The number of benzene rings is 1. The third-order valence-electron chi connectivity index (χ3n) is 2.86. The summed E-state index contributed by atoms with van der Waals surface area (Å²) in [6.07, 6.45) is 2.32. The Labute approximate surface area is 115 Å². The van der Waals surface area contributed by atoms with E-state index in [0.717, 1.165) is 31.6 Å². The minimum absolute atomic E-state index is 0. The molecule has 1 saturated heterocycles. The number of hydrogen-bond acceptors (Lipinski definition) is 3. The summed E-state index contributed by atoms with van der Waals surface area (Å²) >= 11 is 0. The van der Waals surface area contributed by atoms with Crippen LogP contribution in [0.2, 0.25) is 0 Å². The average Bonchev–Trinajstić information content (AvgIpc) is 2.17. The first-order valence-electron chi connectivity index (χ1n) is 5.50. The molecule has 5 heteroatoms. The second kappa shape index (κ2) is 7.77. The molecule has 0 amide bonds. The van der Waals surface area contributed by atoms with Crippen LogP contribution in [0, 0.1) is 0 Å². The van der Waals surface area contributed by atoms with Gasteiger partial charge in [0.25, 0.3) is 0 Å². The molecule has 0 aromatic heterocycles. The number of aromatic hydroxyl groups is 1. The van der Waals surface area contributed by atoms with Gasteiger partial charge in [0.1, 0.15) is 5.75 Å². The fraction of sp³-hybridized carbons (Fsp3) is 0.500. The standard InChI is InChI=1S/C12H18N2O.2ClH/c13-11-4-2-6-14(9-11)8-10-3-1-5-12(15)7-10;;/h1,3,5,7,11,15H,2,4,6,8-9,13H2;2*1H. The van der Waals surface area contributed by atoms with E-state index >= 15 is 0 Å². The van der Waals surface area contributed by atoms with Crippen LogP contribution in [0.5, 0.6) is 5.75 Å². The minimum atomic E-state index is 0. The smallest absolute Gasteiger partial charge is 0.115 e. The third kappa shape index (κ3) is 5.13. The second-order valence-electron chi connectivity index (χ2n) is 4.31. The lowest BCUT2D eigenvalue weighted by atomic mass is 10.1. The van der Waals surface area contributed by atoms with Crippen molar-refractivity contribution in [1.29, 1.82) is 0 Å². The highest BCUT2D eigenvalue weighted by atomic mass is 35.5. The summed E-state index contributed by atoms with van der Waals surface area (Å²) in [6, 6.07) is 7.76. The summed E-state index contributed by atoms with van der Waals surface area (Å²) < 4.78 is 0. The molecular weight excluding hydrogens is 259 g/mol. The van der Waals surface area contributed by atoms with Gasteiger partial charge >= 0.3 is 0 Å². The van der Waals surface area contributed by atoms with Gasteiger partial charge in [-0.05, 0) is 37.1 Å². The number of phenols is 1. The molecule has 98 valence electrons. The molecule has 0 bridgehead atoms. The van der Waals surface area contributed by atoms with E-state index in [-0.39, 0.29) is 24.8 Å². The van der Waals surface area contributed by atoms with Gasteiger partial charge in [0.15, 0.2) is 0 Å². The lowest BCUT2D eigenvalue weighted by Crippen LogP contribution is -2.42. The van der Waals surface area contributed by atoms with Gasteiger partial charge in [-0.2, -0.15) is 0 Å². The first kappa shape index (κ1) is 16.5. The zero-order valence-corrected chi connectivity index (χ0v) is 11.3. The molecule has 1 heterocycles. The maximum atomic E-state index is 9.35. The highest BCUT2D eigenvalue weighted by Crippen LogP contribution is 2.15. The lowest BCUT2D eigenvalue weighted by molar-refractivity contribution is 0.201. The molecule has 0 spiro atoms. The molecule has 3 nitrogen and oxygen atoms in total. The van der Waals surface area contributed by atoms with E-state index in [1.54, 1.807) is 6.07 Å². The molecule has 17 heavy (non-hydrogen) atoms. The van der Waals surface area contributed by atoms with Crippen molar-refractivity contribution in [3.8, 4) is 5.75 Å². The van der Waals surface area contributed by atoms with E-state index in [1.807, 2.05) is 18.2 Å². The van der Waals surface area contributed by atoms with Crippen molar-refractivity contribution in [2.75, 3.05) is 13.1 Å². The quantitative estimate of drug-likeness (QED) is 0.872. The summed E-state index contributed by atoms with van der Waals surface area (Å²) in [5, 5.41) is 9.35. The summed E-state index contributed by atoms with van der Waals surface area (Å²) in [5.41, 5.74) is 7.07. The molecule has 1 fully saturated rings. The first-order valence-corrected chi connectivity index (χ1v) is 5.50. The number of phenolic OH excluding ortho intramolecular Hbond substituents is 1. The Morgan fingerprint density at radius 3 is 2.76 bits per heavy atom. The Morgan fingerprint density at radius 1 is 1.35 bits per heavy atom. The van der Waals surface area contributed by atoms with E-state index in [9.17, 15) is 5.11 Å². The summed E-state index contributed by atoms with van der Waals surface area (Å²) in [7, 11) is 0. The summed E-state index contributed by atoms with van der Waals surface area (Å²) in [5.74, 6) is 0.341. The van der Waals surface area contributed by atoms with Crippen molar-refractivity contribution >= 4 is 24.8 Å². The average molecular weight is 279 g/mol. The second-order valence-corrected chi connectivity index (χ2v) is 4.31. The van der Waals surface area contributed by atoms with Crippen molar-refractivity contribution in [2.45, 2.75) is 25.4 Å². The molecule has 1 atom stereocenters. The number of hydrogen-bond donors (Lipinski definition) is 2. The van der Waals surface area contributed by atoms with Crippen LogP contribution in [0.1, 0.15) is 18.4 Å². The van der Waals surface area contributed by atoms with Crippen LogP contribution in [0.4, 0.5) is 0 Å². The number of likely N-dealkylation sites (tertiary alicyclic amines) is 1. The van der Waals surface area contributed by atoms with E-state index in [4.69, 9.17) is 5.73 Å². The molecule has 2 rings (SSSR count). The van der Waals surface area contributed by atoms with Crippen LogP contribution < -0.4 is 5.73 Å². The Hall–Kier alpha value is -0.480. The topological polar surface area (TPSA) is 49.5 Å². The molecule has 1 aromatic carbocycles. The Bertz CT molecular complexity index is 336. The van der Waals surface area contributed by atoms with Gasteiger partial charge in [0.2, 0.25) is 0 Å².